The normalized spacial score (nSPS) is 13.2. The zero-order valence-corrected chi connectivity index (χ0v) is 19.8. The Balaban J connectivity index is 3.23. The van der Waals surface area contributed by atoms with Crippen LogP contribution >= 0.6 is 0 Å². The van der Waals surface area contributed by atoms with Crippen molar-refractivity contribution in [2.75, 3.05) is 7.05 Å². The molecule has 0 aliphatic rings. The van der Waals surface area contributed by atoms with Crippen LogP contribution < -0.4 is 10.6 Å². The molecule has 0 spiro atoms. The standard InChI is InChI=1S/C24H35N3O4/c1-10-17-11-13-18(14-12-17)20(21(28)25-16(4)5)27(9)22(29)19(15(2)3)26-23(30)31-24(6,7)8/h1,11-16,19-20H,2-9H3,(H,25,28)(H,26,30). The van der Waals surface area contributed by atoms with Gasteiger partial charge in [0.15, 0.2) is 0 Å². The molecule has 0 saturated carbocycles. The lowest BCUT2D eigenvalue weighted by atomic mass is 9.99. The van der Waals surface area contributed by atoms with E-state index in [2.05, 4.69) is 16.6 Å². The van der Waals surface area contributed by atoms with Gasteiger partial charge in [-0.1, -0.05) is 31.9 Å². The number of carbonyl (C=O) groups excluding carboxylic acids is 3. The van der Waals surface area contributed by atoms with E-state index < -0.39 is 29.7 Å². The topological polar surface area (TPSA) is 87.7 Å². The van der Waals surface area contributed by atoms with E-state index in [0.29, 0.717) is 11.1 Å². The van der Waals surface area contributed by atoms with Crippen molar-refractivity contribution in [3.8, 4) is 12.3 Å². The number of rotatable bonds is 7. The first-order valence-corrected chi connectivity index (χ1v) is 10.4. The van der Waals surface area contributed by atoms with Crippen molar-refractivity contribution in [3.63, 3.8) is 0 Å². The number of hydrogen-bond acceptors (Lipinski definition) is 4. The van der Waals surface area contributed by atoms with E-state index in [9.17, 15) is 14.4 Å². The van der Waals surface area contributed by atoms with E-state index in [-0.39, 0.29) is 17.9 Å². The molecule has 1 aromatic rings. The zero-order chi connectivity index (χ0) is 23.9. The van der Waals surface area contributed by atoms with Crippen LogP contribution in [0.3, 0.4) is 0 Å². The lowest BCUT2D eigenvalue weighted by Crippen LogP contribution is -2.54. The number of hydrogen-bond donors (Lipinski definition) is 2. The van der Waals surface area contributed by atoms with Crippen molar-refractivity contribution in [1.82, 2.24) is 15.5 Å². The number of nitrogens with zero attached hydrogens (tertiary/aromatic N) is 1. The average Bonchev–Trinajstić information content (AvgIpc) is 2.64. The highest BCUT2D eigenvalue weighted by atomic mass is 16.6. The third-order valence-electron chi connectivity index (χ3n) is 4.41. The molecule has 0 saturated heterocycles. The largest absolute Gasteiger partial charge is 0.444 e. The van der Waals surface area contributed by atoms with Crippen LogP contribution in [0.15, 0.2) is 24.3 Å². The van der Waals surface area contributed by atoms with E-state index in [0.717, 1.165) is 0 Å². The van der Waals surface area contributed by atoms with Crippen LogP contribution in [0, 0.1) is 18.3 Å². The van der Waals surface area contributed by atoms with Crippen LogP contribution in [0.25, 0.3) is 0 Å². The number of nitrogens with one attached hydrogen (secondary N) is 2. The first-order chi connectivity index (χ1) is 14.3. The molecule has 1 rings (SSSR count). The van der Waals surface area contributed by atoms with E-state index in [4.69, 9.17) is 11.2 Å². The first kappa shape index (κ1) is 26.0. The Morgan fingerprint density at radius 1 is 1.03 bits per heavy atom. The van der Waals surface area contributed by atoms with Crippen molar-refractivity contribution in [2.45, 2.75) is 72.2 Å². The van der Waals surface area contributed by atoms with Crippen LogP contribution in [0.5, 0.6) is 0 Å². The highest BCUT2D eigenvalue weighted by Gasteiger charge is 2.35. The average molecular weight is 430 g/mol. The third-order valence-corrected chi connectivity index (χ3v) is 4.41. The molecule has 2 N–H and O–H groups in total. The van der Waals surface area contributed by atoms with Crippen LogP contribution in [0.1, 0.15) is 65.6 Å². The Morgan fingerprint density at radius 3 is 2.00 bits per heavy atom. The second-order valence-corrected chi connectivity index (χ2v) is 9.15. The van der Waals surface area contributed by atoms with Crippen molar-refractivity contribution < 1.29 is 19.1 Å². The van der Waals surface area contributed by atoms with Gasteiger partial charge in [-0.15, -0.1) is 6.42 Å². The molecule has 0 radical (unpaired) electrons. The summed E-state index contributed by atoms with van der Waals surface area (Å²) in [7, 11) is 1.55. The fourth-order valence-electron chi connectivity index (χ4n) is 2.97. The minimum atomic E-state index is -0.886. The maximum Gasteiger partial charge on any atom is 0.408 e. The van der Waals surface area contributed by atoms with E-state index in [1.807, 2.05) is 27.7 Å². The maximum atomic E-state index is 13.4. The molecule has 3 amide bonds. The number of ether oxygens (including phenoxy) is 1. The molecule has 2 unspecified atom stereocenters. The molecule has 31 heavy (non-hydrogen) atoms. The molecular formula is C24H35N3O4. The molecule has 0 heterocycles. The van der Waals surface area contributed by atoms with Gasteiger partial charge >= 0.3 is 6.09 Å². The molecule has 2 atom stereocenters. The van der Waals surface area contributed by atoms with Crippen molar-refractivity contribution in [3.05, 3.63) is 35.4 Å². The number of carbonyl (C=O) groups is 3. The quantitative estimate of drug-likeness (QED) is 0.652. The summed E-state index contributed by atoms with van der Waals surface area (Å²) in [6.45, 7) is 12.6. The summed E-state index contributed by atoms with van der Waals surface area (Å²) in [5, 5.41) is 5.51. The van der Waals surface area contributed by atoms with E-state index in [1.54, 1.807) is 52.1 Å². The van der Waals surface area contributed by atoms with Crippen LogP contribution in [-0.4, -0.2) is 47.5 Å². The highest BCUT2D eigenvalue weighted by Crippen LogP contribution is 2.23. The van der Waals surface area contributed by atoms with Gasteiger partial charge in [0.25, 0.3) is 0 Å². The van der Waals surface area contributed by atoms with Crippen LogP contribution in [0.2, 0.25) is 0 Å². The van der Waals surface area contributed by atoms with Crippen LogP contribution in [-0.2, 0) is 14.3 Å². The lowest BCUT2D eigenvalue weighted by Gasteiger charge is -2.33. The Kier molecular flexibility index (Phi) is 9.11. The fraction of sp³-hybridized carbons (Fsp3) is 0.542. The summed E-state index contributed by atoms with van der Waals surface area (Å²) >= 11 is 0. The molecule has 0 aliphatic heterocycles. The third kappa shape index (κ3) is 7.97. The number of alkyl carbamates (subject to hydrolysis) is 1. The summed E-state index contributed by atoms with van der Waals surface area (Å²) < 4.78 is 5.30. The lowest BCUT2D eigenvalue weighted by molar-refractivity contribution is -0.141. The summed E-state index contributed by atoms with van der Waals surface area (Å²) in [5.74, 6) is 1.60. The minimum Gasteiger partial charge on any atom is -0.444 e. The van der Waals surface area contributed by atoms with E-state index in [1.165, 1.54) is 4.90 Å². The second kappa shape index (κ2) is 10.9. The smallest absolute Gasteiger partial charge is 0.408 e. The maximum absolute atomic E-state index is 13.4. The summed E-state index contributed by atoms with van der Waals surface area (Å²) in [6.07, 6.45) is 4.74. The summed E-state index contributed by atoms with van der Waals surface area (Å²) in [5.41, 5.74) is 0.596. The number of amides is 3. The molecule has 7 heteroatoms. The van der Waals surface area contributed by atoms with Gasteiger partial charge in [0.05, 0.1) is 0 Å². The Bertz CT molecular complexity index is 817. The van der Waals surface area contributed by atoms with Crippen LogP contribution in [0.4, 0.5) is 4.79 Å². The van der Waals surface area contributed by atoms with Crippen molar-refractivity contribution in [1.29, 1.82) is 0 Å². The molecule has 7 nitrogen and oxygen atoms in total. The van der Waals surface area contributed by atoms with Gasteiger partial charge in [-0.25, -0.2) is 4.79 Å². The second-order valence-electron chi connectivity index (χ2n) is 9.15. The Labute approximate surface area is 185 Å². The minimum absolute atomic E-state index is 0.107. The molecule has 0 fully saturated rings. The molecular weight excluding hydrogens is 394 g/mol. The van der Waals surface area contributed by atoms with Gasteiger partial charge in [0.2, 0.25) is 11.8 Å². The fourth-order valence-corrected chi connectivity index (χ4v) is 2.97. The predicted octanol–water partition coefficient (Wildman–Crippen LogP) is 3.24. The van der Waals surface area contributed by atoms with Gasteiger partial charge < -0.3 is 20.3 Å². The summed E-state index contributed by atoms with van der Waals surface area (Å²) in [4.78, 5) is 40.0. The SMILES string of the molecule is C#Cc1ccc(C(C(=O)NC(C)C)N(C)C(=O)C(NC(=O)OC(C)(C)C)C(C)C)cc1. The zero-order valence-electron chi connectivity index (χ0n) is 19.8. The molecule has 0 aliphatic carbocycles. The number of benzene rings is 1. The monoisotopic (exact) mass is 429 g/mol. The Hall–Kier alpha value is -3.01. The van der Waals surface area contributed by atoms with Gasteiger partial charge in [-0.3, -0.25) is 9.59 Å². The Morgan fingerprint density at radius 2 is 1.58 bits per heavy atom. The predicted molar refractivity (Wildman–Crippen MR) is 121 cm³/mol. The van der Waals surface area contributed by atoms with Gasteiger partial charge in [0.1, 0.15) is 17.7 Å². The summed E-state index contributed by atoms with van der Waals surface area (Å²) in [6, 6.07) is 5.06. The molecule has 0 bridgehead atoms. The molecule has 0 aromatic heterocycles. The van der Waals surface area contributed by atoms with Gasteiger partial charge in [-0.2, -0.15) is 0 Å². The highest BCUT2D eigenvalue weighted by molar-refractivity contribution is 5.92. The first-order valence-electron chi connectivity index (χ1n) is 10.4. The number of terminal acetylenes is 1. The van der Waals surface area contributed by atoms with Crippen molar-refractivity contribution in [2.24, 2.45) is 5.92 Å². The van der Waals surface area contributed by atoms with Gasteiger partial charge in [0, 0.05) is 18.7 Å². The van der Waals surface area contributed by atoms with Gasteiger partial charge in [-0.05, 0) is 58.2 Å². The molecule has 1 aromatic carbocycles. The van der Waals surface area contributed by atoms with Crippen molar-refractivity contribution >= 4 is 17.9 Å². The number of likely N-dealkylation sites (N-methyl/N-ethyl adjacent to an activating group) is 1. The van der Waals surface area contributed by atoms with E-state index >= 15 is 0 Å². The molecule has 170 valence electrons.